The second kappa shape index (κ2) is 5.25. The standard InChI is InChI=1S/C15H19ClN2O/c1-9(2)18(10(3)4)15(19)13-8-17-14-7-11(16)5-6-12(13)14/h5-10,17H,1-4H3. The summed E-state index contributed by atoms with van der Waals surface area (Å²) in [7, 11) is 0. The fraction of sp³-hybridized carbons (Fsp3) is 0.400. The third kappa shape index (κ3) is 2.61. The molecule has 2 aromatic rings. The highest BCUT2D eigenvalue weighted by Gasteiger charge is 2.23. The Bertz CT molecular complexity index is 593. The van der Waals surface area contributed by atoms with Crippen LogP contribution in [-0.2, 0) is 0 Å². The van der Waals surface area contributed by atoms with E-state index < -0.39 is 0 Å². The molecule has 1 amide bonds. The summed E-state index contributed by atoms with van der Waals surface area (Å²) in [6, 6.07) is 5.88. The summed E-state index contributed by atoms with van der Waals surface area (Å²) in [6.07, 6.45) is 1.76. The lowest BCUT2D eigenvalue weighted by Crippen LogP contribution is -2.41. The van der Waals surface area contributed by atoms with Gasteiger partial charge in [-0.1, -0.05) is 17.7 Å². The Morgan fingerprint density at radius 2 is 1.84 bits per heavy atom. The summed E-state index contributed by atoms with van der Waals surface area (Å²) < 4.78 is 0. The summed E-state index contributed by atoms with van der Waals surface area (Å²) in [6.45, 7) is 8.13. The Labute approximate surface area is 118 Å². The molecule has 4 heteroatoms. The number of carbonyl (C=O) groups excluding carboxylic acids is 1. The summed E-state index contributed by atoms with van der Waals surface area (Å²) in [4.78, 5) is 17.7. The molecule has 0 atom stereocenters. The SMILES string of the molecule is CC(C)N(C(=O)c1c[nH]c2cc(Cl)ccc12)C(C)C. The number of nitrogens with one attached hydrogen (secondary N) is 1. The van der Waals surface area contributed by atoms with E-state index in [-0.39, 0.29) is 18.0 Å². The summed E-state index contributed by atoms with van der Waals surface area (Å²) in [5, 5.41) is 1.58. The van der Waals surface area contributed by atoms with Crippen molar-refractivity contribution in [2.75, 3.05) is 0 Å². The number of hydrogen-bond acceptors (Lipinski definition) is 1. The van der Waals surface area contributed by atoms with Crippen molar-refractivity contribution in [2.24, 2.45) is 0 Å². The number of nitrogens with zero attached hydrogens (tertiary/aromatic N) is 1. The fourth-order valence-electron chi connectivity index (χ4n) is 2.48. The predicted molar refractivity (Wildman–Crippen MR) is 79.8 cm³/mol. The molecule has 0 aliphatic heterocycles. The largest absolute Gasteiger partial charge is 0.360 e. The first kappa shape index (κ1) is 13.9. The second-order valence-electron chi connectivity index (χ2n) is 5.29. The van der Waals surface area contributed by atoms with Crippen LogP contribution in [0.4, 0.5) is 0 Å². The maximum absolute atomic E-state index is 12.7. The van der Waals surface area contributed by atoms with Gasteiger partial charge in [-0.3, -0.25) is 4.79 Å². The molecule has 1 heterocycles. The number of carbonyl (C=O) groups is 1. The third-order valence-corrected chi connectivity index (χ3v) is 3.46. The minimum Gasteiger partial charge on any atom is -0.360 e. The Hall–Kier alpha value is -1.48. The minimum absolute atomic E-state index is 0.0542. The van der Waals surface area contributed by atoms with Crippen LogP contribution in [-0.4, -0.2) is 27.9 Å². The number of rotatable bonds is 3. The zero-order chi connectivity index (χ0) is 14.2. The topological polar surface area (TPSA) is 36.1 Å². The van der Waals surface area contributed by atoms with Gasteiger partial charge in [0, 0.05) is 34.2 Å². The summed E-state index contributed by atoms with van der Waals surface area (Å²) in [5.41, 5.74) is 1.59. The van der Waals surface area contributed by atoms with Crippen LogP contribution in [0, 0.1) is 0 Å². The number of hydrogen-bond donors (Lipinski definition) is 1. The predicted octanol–water partition coefficient (Wildman–Crippen LogP) is 4.08. The van der Waals surface area contributed by atoms with Gasteiger partial charge in [-0.05, 0) is 39.8 Å². The average Bonchev–Trinajstić information content (AvgIpc) is 2.70. The Balaban J connectivity index is 2.46. The third-order valence-electron chi connectivity index (χ3n) is 3.22. The molecule has 102 valence electrons. The van der Waals surface area contributed by atoms with E-state index in [9.17, 15) is 4.79 Å². The normalized spacial score (nSPS) is 11.5. The molecule has 0 radical (unpaired) electrons. The van der Waals surface area contributed by atoms with Gasteiger partial charge in [0.05, 0.1) is 5.56 Å². The number of benzene rings is 1. The van der Waals surface area contributed by atoms with E-state index >= 15 is 0 Å². The van der Waals surface area contributed by atoms with Gasteiger partial charge >= 0.3 is 0 Å². The lowest BCUT2D eigenvalue weighted by Gasteiger charge is -2.30. The molecular formula is C15H19ClN2O. The molecule has 1 aromatic heterocycles. The molecule has 0 aliphatic rings. The van der Waals surface area contributed by atoms with Crippen LogP contribution in [0.25, 0.3) is 10.9 Å². The molecule has 0 aliphatic carbocycles. The van der Waals surface area contributed by atoms with Crippen molar-refractivity contribution in [1.82, 2.24) is 9.88 Å². The lowest BCUT2D eigenvalue weighted by atomic mass is 10.1. The van der Waals surface area contributed by atoms with Crippen molar-refractivity contribution in [2.45, 2.75) is 39.8 Å². The zero-order valence-electron chi connectivity index (χ0n) is 11.7. The molecule has 2 rings (SSSR count). The van der Waals surface area contributed by atoms with E-state index in [0.29, 0.717) is 10.6 Å². The van der Waals surface area contributed by atoms with E-state index in [0.717, 1.165) is 10.9 Å². The van der Waals surface area contributed by atoms with E-state index in [1.54, 1.807) is 6.20 Å². The van der Waals surface area contributed by atoms with Crippen molar-refractivity contribution >= 4 is 28.4 Å². The van der Waals surface area contributed by atoms with Crippen LogP contribution in [0.5, 0.6) is 0 Å². The van der Waals surface area contributed by atoms with E-state index in [1.165, 1.54) is 0 Å². The van der Waals surface area contributed by atoms with Crippen LogP contribution < -0.4 is 0 Å². The van der Waals surface area contributed by atoms with Crippen LogP contribution in [0.2, 0.25) is 5.02 Å². The van der Waals surface area contributed by atoms with Crippen LogP contribution in [0.15, 0.2) is 24.4 Å². The first-order valence-corrected chi connectivity index (χ1v) is 6.89. The molecule has 19 heavy (non-hydrogen) atoms. The molecule has 3 nitrogen and oxygen atoms in total. The van der Waals surface area contributed by atoms with Crippen molar-refractivity contribution in [3.63, 3.8) is 0 Å². The Morgan fingerprint density at radius 3 is 2.42 bits per heavy atom. The van der Waals surface area contributed by atoms with Gasteiger partial charge in [-0.2, -0.15) is 0 Å². The van der Waals surface area contributed by atoms with E-state index in [1.807, 2.05) is 50.8 Å². The maximum atomic E-state index is 12.7. The Kier molecular flexibility index (Phi) is 3.85. The number of H-pyrrole nitrogens is 1. The highest BCUT2D eigenvalue weighted by molar-refractivity contribution is 6.31. The highest BCUT2D eigenvalue weighted by atomic mass is 35.5. The van der Waals surface area contributed by atoms with Crippen LogP contribution >= 0.6 is 11.6 Å². The zero-order valence-corrected chi connectivity index (χ0v) is 12.5. The van der Waals surface area contributed by atoms with Crippen LogP contribution in [0.3, 0.4) is 0 Å². The first-order chi connectivity index (χ1) is 8.91. The lowest BCUT2D eigenvalue weighted by molar-refractivity contribution is 0.0646. The molecule has 0 saturated carbocycles. The van der Waals surface area contributed by atoms with Crippen molar-refractivity contribution in [1.29, 1.82) is 0 Å². The second-order valence-corrected chi connectivity index (χ2v) is 5.73. The van der Waals surface area contributed by atoms with Gasteiger partial charge in [0.25, 0.3) is 5.91 Å². The first-order valence-electron chi connectivity index (χ1n) is 6.51. The number of aromatic nitrogens is 1. The number of halogens is 1. The molecule has 0 bridgehead atoms. The molecule has 0 fully saturated rings. The smallest absolute Gasteiger partial charge is 0.256 e. The molecule has 1 N–H and O–H groups in total. The minimum atomic E-state index is 0.0542. The van der Waals surface area contributed by atoms with Gasteiger partial charge in [0.15, 0.2) is 0 Å². The monoisotopic (exact) mass is 278 g/mol. The van der Waals surface area contributed by atoms with Gasteiger partial charge in [0.1, 0.15) is 0 Å². The van der Waals surface area contributed by atoms with Crippen molar-refractivity contribution in [3.05, 3.63) is 35.0 Å². The van der Waals surface area contributed by atoms with Gasteiger partial charge < -0.3 is 9.88 Å². The Morgan fingerprint density at radius 1 is 1.21 bits per heavy atom. The van der Waals surface area contributed by atoms with E-state index in [4.69, 9.17) is 11.6 Å². The molecule has 1 aromatic carbocycles. The molecule has 0 unspecified atom stereocenters. The fourth-order valence-corrected chi connectivity index (χ4v) is 2.65. The molecule has 0 saturated heterocycles. The summed E-state index contributed by atoms with van der Waals surface area (Å²) >= 11 is 5.96. The number of aromatic amines is 1. The summed E-state index contributed by atoms with van der Waals surface area (Å²) in [5.74, 6) is 0.0542. The number of fused-ring (bicyclic) bond motifs is 1. The van der Waals surface area contributed by atoms with Gasteiger partial charge in [-0.15, -0.1) is 0 Å². The molecule has 0 spiro atoms. The van der Waals surface area contributed by atoms with Gasteiger partial charge in [-0.25, -0.2) is 0 Å². The van der Waals surface area contributed by atoms with Gasteiger partial charge in [0.2, 0.25) is 0 Å². The quantitative estimate of drug-likeness (QED) is 0.902. The molecular weight excluding hydrogens is 260 g/mol. The highest BCUT2D eigenvalue weighted by Crippen LogP contribution is 2.24. The van der Waals surface area contributed by atoms with Crippen molar-refractivity contribution in [3.8, 4) is 0 Å². The average molecular weight is 279 g/mol. The maximum Gasteiger partial charge on any atom is 0.256 e. The van der Waals surface area contributed by atoms with E-state index in [2.05, 4.69) is 4.98 Å². The van der Waals surface area contributed by atoms with Crippen molar-refractivity contribution < 1.29 is 4.79 Å². The number of amides is 1. The van der Waals surface area contributed by atoms with Crippen LogP contribution in [0.1, 0.15) is 38.1 Å².